The van der Waals surface area contributed by atoms with Crippen LogP contribution in [0.25, 0.3) is 0 Å². The van der Waals surface area contributed by atoms with E-state index >= 15 is 0 Å². The lowest BCUT2D eigenvalue weighted by molar-refractivity contribution is -0.0934. The quantitative estimate of drug-likeness (QED) is 0.497. The summed E-state index contributed by atoms with van der Waals surface area (Å²) >= 11 is 0. The van der Waals surface area contributed by atoms with Crippen LogP contribution in [0.15, 0.2) is 24.9 Å². The molecule has 0 aromatic carbocycles. The molecule has 0 aromatic heterocycles. The molecule has 0 aromatic rings. The Kier molecular flexibility index (Phi) is 3.71. The van der Waals surface area contributed by atoms with E-state index < -0.39 is 11.7 Å². The van der Waals surface area contributed by atoms with Crippen molar-refractivity contribution in [3.05, 3.63) is 24.9 Å². The number of nitrogens with one attached hydrogen (secondary N) is 1. The van der Waals surface area contributed by atoms with Gasteiger partial charge in [0, 0.05) is 12.1 Å². The first-order valence-corrected chi connectivity index (χ1v) is 3.07. The fourth-order valence-corrected chi connectivity index (χ4v) is 0.467. The zero-order valence-corrected chi connectivity index (χ0v) is 6.04. The molecule has 1 nitrogen and oxygen atoms in total. The summed E-state index contributed by atoms with van der Waals surface area (Å²) in [6, 6.07) is 0. The predicted molar refractivity (Wildman–Crippen MR) is 38.0 cm³/mol. The van der Waals surface area contributed by atoms with Crippen LogP contribution < -0.4 is 5.32 Å². The Labute approximate surface area is 63.6 Å². The van der Waals surface area contributed by atoms with Gasteiger partial charge in [0.25, 0.3) is 0 Å². The molecule has 0 aliphatic carbocycles. The van der Waals surface area contributed by atoms with E-state index in [1.807, 2.05) is 0 Å². The third-order valence-electron chi connectivity index (χ3n) is 1.12. The topological polar surface area (TPSA) is 12.0 Å². The molecule has 0 saturated heterocycles. The summed E-state index contributed by atoms with van der Waals surface area (Å²) in [5, 5.41) is 2.55. The van der Waals surface area contributed by atoms with E-state index in [2.05, 4.69) is 18.5 Å². The molecule has 0 spiro atoms. The van der Waals surface area contributed by atoms with Crippen molar-refractivity contribution in [2.75, 3.05) is 6.54 Å². The van der Waals surface area contributed by atoms with Crippen LogP contribution in [-0.4, -0.2) is 12.7 Å². The zero-order valence-electron chi connectivity index (χ0n) is 6.04. The summed E-state index contributed by atoms with van der Waals surface area (Å²) in [4.78, 5) is 0. The minimum absolute atomic E-state index is 0.102. The van der Waals surface area contributed by atoms with Gasteiger partial charge < -0.3 is 5.32 Å². The molecule has 64 valence electrons. The number of hydrogen-bond donors (Lipinski definition) is 1. The number of halogens is 3. The maximum atomic E-state index is 11.7. The van der Waals surface area contributed by atoms with Gasteiger partial charge in [-0.15, -0.1) is 0 Å². The lowest BCUT2D eigenvalue weighted by Gasteiger charge is -2.08. The Morgan fingerprint density at radius 1 is 1.45 bits per heavy atom. The normalized spacial score (nSPS) is 10.8. The molecule has 1 N–H and O–H groups in total. The summed E-state index contributed by atoms with van der Waals surface area (Å²) in [6.07, 6.45) is -3.01. The lowest BCUT2D eigenvalue weighted by atomic mass is 10.2. The van der Waals surface area contributed by atoms with E-state index in [4.69, 9.17) is 0 Å². The molecule has 0 atom stereocenters. The van der Waals surface area contributed by atoms with Gasteiger partial charge in [-0.3, -0.25) is 0 Å². The van der Waals surface area contributed by atoms with Crippen molar-refractivity contribution in [1.29, 1.82) is 0 Å². The Hall–Kier alpha value is -0.930. The molecular weight excluding hydrogens is 155 g/mol. The molecule has 0 unspecified atom stereocenters. The highest BCUT2D eigenvalue weighted by Gasteiger charge is 2.30. The highest BCUT2D eigenvalue weighted by atomic mass is 19.4. The van der Waals surface area contributed by atoms with Gasteiger partial charge in [-0.1, -0.05) is 13.2 Å². The van der Waals surface area contributed by atoms with E-state index in [9.17, 15) is 13.2 Å². The van der Waals surface area contributed by atoms with Crippen LogP contribution in [0, 0.1) is 0 Å². The van der Waals surface area contributed by atoms with Crippen molar-refractivity contribution in [3.8, 4) is 0 Å². The summed E-state index contributed by atoms with van der Waals surface area (Å²) in [5.41, 5.74) is -0.716. The fourth-order valence-electron chi connectivity index (χ4n) is 0.467. The zero-order chi connectivity index (χ0) is 8.91. The maximum absolute atomic E-state index is 11.7. The van der Waals surface area contributed by atoms with E-state index in [0.29, 0.717) is 0 Å². The standard InChI is InChI=1S/C7H10F3N/c1-3-11-5-4-6(2)7(8,9)10/h3,11H,1-2,4-5H2. The van der Waals surface area contributed by atoms with Gasteiger partial charge in [-0.25, -0.2) is 0 Å². The first-order chi connectivity index (χ1) is 4.98. The van der Waals surface area contributed by atoms with Crippen molar-refractivity contribution in [2.24, 2.45) is 0 Å². The highest BCUT2D eigenvalue weighted by Crippen LogP contribution is 2.25. The first kappa shape index (κ1) is 10.1. The molecule has 0 saturated carbocycles. The summed E-state index contributed by atoms with van der Waals surface area (Å²) in [7, 11) is 0. The molecule has 0 heterocycles. The van der Waals surface area contributed by atoms with Gasteiger partial charge >= 0.3 is 6.18 Å². The second-order valence-electron chi connectivity index (χ2n) is 2.01. The summed E-state index contributed by atoms with van der Waals surface area (Å²) in [6.45, 7) is 6.42. The van der Waals surface area contributed by atoms with Crippen LogP contribution in [0.3, 0.4) is 0 Å². The van der Waals surface area contributed by atoms with Crippen LogP contribution in [0.2, 0.25) is 0 Å². The summed E-state index contributed by atoms with van der Waals surface area (Å²) < 4.78 is 35.2. The number of alkyl halides is 3. The molecule has 0 aliphatic heterocycles. The number of hydrogen-bond acceptors (Lipinski definition) is 1. The molecule has 0 amide bonds. The molecule has 4 heteroatoms. The van der Waals surface area contributed by atoms with Crippen LogP contribution in [0.1, 0.15) is 6.42 Å². The van der Waals surface area contributed by atoms with Crippen molar-refractivity contribution in [1.82, 2.24) is 5.32 Å². The van der Waals surface area contributed by atoms with Crippen LogP contribution in [0.5, 0.6) is 0 Å². The molecule has 0 fully saturated rings. The van der Waals surface area contributed by atoms with Crippen LogP contribution in [0.4, 0.5) is 13.2 Å². The largest absolute Gasteiger partial charge is 0.412 e. The molecule has 11 heavy (non-hydrogen) atoms. The SMILES string of the molecule is C=CNCCC(=C)C(F)(F)F. The van der Waals surface area contributed by atoms with Crippen molar-refractivity contribution in [2.45, 2.75) is 12.6 Å². The lowest BCUT2D eigenvalue weighted by Crippen LogP contribution is -2.15. The smallest absolute Gasteiger partial charge is 0.391 e. The minimum atomic E-state index is -4.26. The van der Waals surface area contributed by atoms with E-state index in [-0.39, 0.29) is 13.0 Å². The van der Waals surface area contributed by atoms with Gasteiger partial charge in [0.2, 0.25) is 0 Å². The second kappa shape index (κ2) is 4.05. The summed E-state index contributed by atoms with van der Waals surface area (Å²) in [5.74, 6) is 0. The first-order valence-electron chi connectivity index (χ1n) is 3.07. The Morgan fingerprint density at radius 3 is 2.36 bits per heavy atom. The van der Waals surface area contributed by atoms with E-state index in [0.717, 1.165) is 0 Å². The molecular formula is C7H10F3N. The molecule has 0 bridgehead atoms. The monoisotopic (exact) mass is 165 g/mol. The third kappa shape index (κ3) is 4.47. The predicted octanol–water partition coefficient (Wildman–Crippen LogP) is 2.23. The minimum Gasteiger partial charge on any atom is -0.391 e. The third-order valence-corrected chi connectivity index (χ3v) is 1.12. The van der Waals surface area contributed by atoms with E-state index in [1.54, 1.807) is 0 Å². The Balaban J connectivity index is 3.62. The Morgan fingerprint density at radius 2 is 2.00 bits per heavy atom. The fraction of sp³-hybridized carbons (Fsp3) is 0.429. The highest BCUT2D eigenvalue weighted by molar-refractivity contribution is 5.02. The van der Waals surface area contributed by atoms with Crippen molar-refractivity contribution < 1.29 is 13.2 Å². The molecule has 0 radical (unpaired) electrons. The van der Waals surface area contributed by atoms with Crippen molar-refractivity contribution in [3.63, 3.8) is 0 Å². The number of rotatable bonds is 4. The van der Waals surface area contributed by atoms with Gasteiger partial charge in [0.15, 0.2) is 0 Å². The van der Waals surface area contributed by atoms with Crippen LogP contribution in [-0.2, 0) is 0 Å². The van der Waals surface area contributed by atoms with Gasteiger partial charge in [0.05, 0.1) is 0 Å². The molecule has 0 aliphatic rings. The Bertz CT molecular complexity index is 148. The van der Waals surface area contributed by atoms with Gasteiger partial charge in [-0.05, 0) is 12.6 Å². The van der Waals surface area contributed by atoms with Crippen molar-refractivity contribution >= 4 is 0 Å². The van der Waals surface area contributed by atoms with Crippen LogP contribution >= 0.6 is 0 Å². The average molecular weight is 165 g/mol. The van der Waals surface area contributed by atoms with Gasteiger partial charge in [-0.2, -0.15) is 13.2 Å². The van der Waals surface area contributed by atoms with E-state index in [1.165, 1.54) is 6.20 Å². The average Bonchev–Trinajstić information content (AvgIpc) is 1.86. The van der Waals surface area contributed by atoms with Gasteiger partial charge in [0.1, 0.15) is 0 Å². The molecule has 0 rings (SSSR count). The second-order valence-corrected chi connectivity index (χ2v) is 2.01. The maximum Gasteiger partial charge on any atom is 0.412 e.